The number of halogens is 1. The second kappa shape index (κ2) is 5.52. The van der Waals surface area contributed by atoms with E-state index in [2.05, 4.69) is 21.2 Å². The Balaban J connectivity index is 2.68. The summed E-state index contributed by atoms with van der Waals surface area (Å²) in [7, 11) is 0. The first-order valence-corrected chi connectivity index (χ1v) is 5.35. The number of nitrogens with one attached hydrogen (secondary N) is 1. The lowest BCUT2D eigenvalue weighted by molar-refractivity contribution is -0.116. The van der Waals surface area contributed by atoms with Crippen molar-refractivity contribution in [3.63, 3.8) is 0 Å². The number of hydrogen-bond acceptors (Lipinski definition) is 2. The maximum Gasteiger partial charge on any atom is 0.225 e. The third-order valence-corrected chi connectivity index (χ3v) is 2.43. The van der Waals surface area contributed by atoms with Crippen LogP contribution in [0.15, 0.2) is 22.7 Å². The molecule has 0 aliphatic rings. The summed E-state index contributed by atoms with van der Waals surface area (Å²) in [5.74, 6) is -0.127. The summed E-state index contributed by atoms with van der Waals surface area (Å²) in [6, 6.07) is 7.62. The molecule has 0 bridgehead atoms. The first kappa shape index (κ1) is 11.7. The van der Waals surface area contributed by atoms with Gasteiger partial charge in [-0.3, -0.25) is 4.79 Å². The normalized spacial score (nSPS) is 9.40. The van der Waals surface area contributed by atoms with Gasteiger partial charge in [0.15, 0.2) is 0 Å². The molecule has 0 heterocycles. The second-order valence-electron chi connectivity index (χ2n) is 3.17. The molecule has 78 valence electrons. The summed E-state index contributed by atoms with van der Waals surface area (Å²) in [6.45, 7) is 1.92. The summed E-state index contributed by atoms with van der Waals surface area (Å²) in [5, 5.41) is 11.1. The molecule has 1 amide bonds. The van der Waals surface area contributed by atoms with Crippen molar-refractivity contribution in [2.45, 2.75) is 19.8 Å². The Labute approximate surface area is 97.2 Å². The maximum absolute atomic E-state index is 11.4. The summed E-state index contributed by atoms with van der Waals surface area (Å²) in [4.78, 5) is 11.4. The van der Waals surface area contributed by atoms with Crippen LogP contribution < -0.4 is 5.32 Å². The standard InChI is InChI=1S/C11H11BrN2O/c1-8-4-5-9(12)7-10(8)14-11(15)3-2-6-13/h4-5,7H,2-3H2,1H3,(H,14,15). The quantitative estimate of drug-likeness (QED) is 0.915. The van der Waals surface area contributed by atoms with Gasteiger partial charge >= 0.3 is 0 Å². The predicted octanol–water partition coefficient (Wildman–Crippen LogP) is 3.00. The highest BCUT2D eigenvalue weighted by molar-refractivity contribution is 9.10. The van der Waals surface area contributed by atoms with E-state index in [0.29, 0.717) is 0 Å². The first-order valence-electron chi connectivity index (χ1n) is 4.56. The van der Waals surface area contributed by atoms with Crippen LogP contribution in [0.4, 0.5) is 5.69 Å². The number of hydrogen-bond donors (Lipinski definition) is 1. The SMILES string of the molecule is Cc1ccc(Br)cc1NC(=O)CCC#N. The van der Waals surface area contributed by atoms with Gasteiger partial charge in [-0.15, -0.1) is 0 Å². The van der Waals surface area contributed by atoms with Gasteiger partial charge in [-0.2, -0.15) is 5.26 Å². The third-order valence-electron chi connectivity index (χ3n) is 1.94. The van der Waals surface area contributed by atoms with Gasteiger partial charge in [0.05, 0.1) is 6.07 Å². The molecule has 3 nitrogen and oxygen atoms in total. The topological polar surface area (TPSA) is 52.9 Å². The molecule has 1 aromatic carbocycles. The Morgan fingerprint density at radius 3 is 3.00 bits per heavy atom. The van der Waals surface area contributed by atoms with Gasteiger partial charge < -0.3 is 5.32 Å². The predicted molar refractivity (Wildman–Crippen MR) is 62.4 cm³/mol. The van der Waals surface area contributed by atoms with Crippen LogP contribution in [0, 0.1) is 18.3 Å². The number of amides is 1. The Morgan fingerprint density at radius 1 is 1.60 bits per heavy atom. The van der Waals surface area contributed by atoms with Crippen molar-refractivity contribution in [3.8, 4) is 6.07 Å². The van der Waals surface area contributed by atoms with Crippen LogP contribution in [-0.2, 0) is 4.79 Å². The fourth-order valence-corrected chi connectivity index (χ4v) is 1.47. The molecule has 15 heavy (non-hydrogen) atoms. The molecule has 0 aromatic heterocycles. The Hall–Kier alpha value is -1.34. The zero-order chi connectivity index (χ0) is 11.3. The van der Waals surface area contributed by atoms with Crippen molar-refractivity contribution in [1.29, 1.82) is 5.26 Å². The molecule has 4 heteroatoms. The second-order valence-corrected chi connectivity index (χ2v) is 4.08. The van der Waals surface area contributed by atoms with Crippen molar-refractivity contribution >= 4 is 27.5 Å². The highest BCUT2D eigenvalue weighted by Crippen LogP contribution is 2.20. The number of carbonyl (C=O) groups excluding carboxylic acids is 1. The van der Waals surface area contributed by atoms with Gasteiger partial charge in [0.1, 0.15) is 0 Å². The molecule has 0 saturated carbocycles. The average molecular weight is 267 g/mol. The molecule has 0 aliphatic carbocycles. The zero-order valence-electron chi connectivity index (χ0n) is 8.38. The molecule has 0 fully saturated rings. The van der Waals surface area contributed by atoms with Crippen LogP contribution in [0.2, 0.25) is 0 Å². The molecular formula is C11H11BrN2O. The van der Waals surface area contributed by atoms with Gasteiger partial charge in [-0.1, -0.05) is 22.0 Å². The smallest absolute Gasteiger partial charge is 0.225 e. The van der Waals surface area contributed by atoms with E-state index in [1.807, 2.05) is 31.2 Å². The highest BCUT2D eigenvalue weighted by atomic mass is 79.9. The Morgan fingerprint density at radius 2 is 2.33 bits per heavy atom. The molecule has 0 unspecified atom stereocenters. The molecule has 0 spiro atoms. The van der Waals surface area contributed by atoms with Crippen molar-refractivity contribution < 1.29 is 4.79 Å². The number of aryl methyl sites for hydroxylation is 1. The molecule has 1 N–H and O–H groups in total. The maximum atomic E-state index is 11.4. The van der Waals surface area contributed by atoms with E-state index in [9.17, 15) is 4.79 Å². The monoisotopic (exact) mass is 266 g/mol. The fourth-order valence-electron chi connectivity index (χ4n) is 1.11. The van der Waals surface area contributed by atoms with Crippen molar-refractivity contribution in [2.24, 2.45) is 0 Å². The number of benzene rings is 1. The van der Waals surface area contributed by atoms with E-state index >= 15 is 0 Å². The van der Waals surface area contributed by atoms with Crippen LogP contribution in [0.25, 0.3) is 0 Å². The van der Waals surface area contributed by atoms with Gasteiger partial charge in [-0.25, -0.2) is 0 Å². The van der Waals surface area contributed by atoms with Gasteiger partial charge in [-0.05, 0) is 24.6 Å². The van der Waals surface area contributed by atoms with E-state index in [4.69, 9.17) is 5.26 Å². The van der Waals surface area contributed by atoms with Gasteiger partial charge in [0.25, 0.3) is 0 Å². The Kier molecular flexibility index (Phi) is 4.32. The molecule has 0 atom stereocenters. The van der Waals surface area contributed by atoms with E-state index in [-0.39, 0.29) is 18.7 Å². The largest absolute Gasteiger partial charge is 0.326 e. The van der Waals surface area contributed by atoms with Crippen molar-refractivity contribution in [1.82, 2.24) is 0 Å². The lowest BCUT2D eigenvalue weighted by Gasteiger charge is -2.07. The number of carbonyl (C=O) groups is 1. The van der Waals surface area contributed by atoms with E-state index in [1.54, 1.807) is 0 Å². The molecule has 0 saturated heterocycles. The molecule has 0 aliphatic heterocycles. The zero-order valence-corrected chi connectivity index (χ0v) is 9.97. The average Bonchev–Trinajstić information content (AvgIpc) is 2.20. The molecule has 1 aromatic rings. The van der Waals surface area contributed by atoms with E-state index < -0.39 is 0 Å². The summed E-state index contributed by atoms with van der Waals surface area (Å²) in [5.41, 5.74) is 1.79. The van der Waals surface area contributed by atoms with Crippen LogP contribution in [-0.4, -0.2) is 5.91 Å². The van der Waals surface area contributed by atoms with Crippen LogP contribution in [0.3, 0.4) is 0 Å². The Bertz CT molecular complexity index is 410. The van der Waals surface area contributed by atoms with Crippen LogP contribution in [0.5, 0.6) is 0 Å². The lowest BCUT2D eigenvalue weighted by atomic mass is 10.2. The van der Waals surface area contributed by atoms with Gasteiger partial charge in [0, 0.05) is 23.0 Å². The molecule has 1 rings (SSSR count). The van der Waals surface area contributed by atoms with Gasteiger partial charge in [0.2, 0.25) is 5.91 Å². The van der Waals surface area contributed by atoms with Crippen LogP contribution in [0.1, 0.15) is 18.4 Å². The molecular weight excluding hydrogens is 256 g/mol. The minimum atomic E-state index is -0.127. The first-order chi connectivity index (χ1) is 7.13. The number of nitrogens with zero attached hydrogens (tertiary/aromatic N) is 1. The highest BCUT2D eigenvalue weighted by Gasteiger charge is 2.04. The van der Waals surface area contributed by atoms with Crippen molar-refractivity contribution in [2.75, 3.05) is 5.32 Å². The minimum absolute atomic E-state index is 0.127. The lowest BCUT2D eigenvalue weighted by Crippen LogP contribution is -2.11. The number of anilines is 1. The minimum Gasteiger partial charge on any atom is -0.326 e. The fraction of sp³-hybridized carbons (Fsp3) is 0.273. The number of nitriles is 1. The van der Waals surface area contributed by atoms with Crippen LogP contribution >= 0.6 is 15.9 Å². The third kappa shape index (κ3) is 3.72. The number of rotatable bonds is 3. The van der Waals surface area contributed by atoms with E-state index in [0.717, 1.165) is 15.7 Å². The summed E-state index contributed by atoms with van der Waals surface area (Å²) < 4.78 is 0.920. The summed E-state index contributed by atoms with van der Waals surface area (Å²) in [6.07, 6.45) is 0.487. The van der Waals surface area contributed by atoms with E-state index in [1.165, 1.54) is 0 Å². The molecule has 0 radical (unpaired) electrons. The summed E-state index contributed by atoms with van der Waals surface area (Å²) >= 11 is 3.34. The van der Waals surface area contributed by atoms with Crippen molar-refractivity contribution in [3.05, 3.63) is 28.2 Å².